The number of hydrogen-bond acceptors (Lipinski definition) is 0. The van der Waals surface area contributed by atoms with Crippen molar-refractivity contribution >= 4 is 17.7 Å². The van der Waals surface area contributed by atoms with Gasteiger partial charge in [-0.15, -0.1) is 0 Å². The Morgan fingerprint density at radius 3 is 2.56 bits per heavy atom. The molecule has 0 bridgehead atoms. The second kappa shape index (κ2) is 5.96. The predicted molar refractivity (Wildman–Crippen MR) is 73.3 cm³/mol. The Hall–Kier alpha value is -1.76. The van der Waals surface area contributed by atoms with Crippen LogP contribution in [0.15, 0.2) is 36.9 Å². The molecular weight excluding hydrogens is 194 g/mol. The lowest BCUT2D eigenvalue weighted by Gasteiger charge is -1.95. The lowest BCUT2D eigenvalue weighted by molar-refractivity contribution is 1.28. The maximum Gasteiger partial charge on any atom is 0.0461 e. The van der Waals surface area contributed by atoms with Crippen molar-refractivity contribution in [1.29, 1.82) is 0 Å². The van der Waals surface area contributed by atoms with Crippen molar-refractivity contribution in [2.24, 2.45) is 0 Å². The van der Waals surface area contributed by atoms with E-state index in [0.29, 0.717) is 0 Å². The SMILES string of the molecule is C=C/C=c1/cc(C(/C=C\C)=C/C)[nH]/c1=C/C. The third kappa shape index (κ3) is 2.63. The number of H-pyrrole nitrogens is 1. The van der Waals surface area contributed by atoms with Crippen molar-refractivity contribution in [2.75, 3.05) is 0 Å². The fourth-order valence-corrected chi connectivity index (χ4v) is 1.67. The summed E-state index contributed by atoms with van der Waals surface area (Å²) < 4.78 is 0. The Balaban J connectivity index is 3.39. The highest BCUT2D eigenvalue weighted by Crippen LogP contribution is 2.09. The molecule has 0 saturated heterocycles. The van der Waals surface area contributed by atoms with E-state index < -0.39 is 0 Å². The molecule has 0 spiro atoms. The standard InChI is InChI=1S/C15H19N/c1-5-9-12(7-3)15-11-13(10-6-2)14(8-4)16-15/h5-11,16H,2H2,1,3-4H3/b9-5-,12-7+,13-10-,14-8+. The zero-order valence-electron chi connectivity index (χ0n) is 10.2. The average molecular weight is 213 g/mol. The molecule has 1 aromatic rings. The molecule has 0 amide bonds. The zero-order chi connectivity index (χ0) is 12.0. The molecule has 0 fully saturated rings. The van der Waals surface area contributed by atoms with Crippen LogP contribution >= 0.6 is 0 Å². The van der Waals surface area contributed by atoms with Crippen LogP contribution in [0.4, 0.5) is 0 Å². The molecule has 0 aliphatic carbocycles. The molecule has 0 aromatic carbocycles. The molecule has 1 heterocycles. The van der Waals surface area contributed by atoms with E-state index in [4.69, 9.17) is 0 Å². The molecule has 1 heteroatoms. The smallest absolute Gasteiger partial charge is 0.0461 e. The van der Waals surface area contributed by atoms with E-state index >= 15 is 0 Å². The summed E-state index contributed by atoms with van der Waals surface area (Å²) in [6.45, 7) is 9.83. The van der Waals surface area contributed by atoms with Crippen molar-refractivity contribution in [3.63, 3.8) is 0 Å². The summed E-state index contributed by atoms with van der Waals surface area (Å²) in [6.07, 6.45) is 12.1. The van der Waals surface area contributed by atoms with E-state index in [9.17, 15) is 0 Å². The van der Waals surface area contributed by atoms with Gasteiger partial charge in [0.2, 0.25) is 0 Å². The normalized spacial score (nSPS) is 15.1. The molecule has 0 radical (unpaired) electrons. The van der Waals surface area contributed by atoms with Gasteiger partial charge in [0.15, 0.2) is 0 Å². The van der Waals surface area contributed by atoms with Gasteiger partial charge in [-0.3, -0.25) is 0 Å². The van der Waals surface area contributed by atoms with E-state index in [1.54, 1.807) is 0 Å². The first-order chi connectivity index (χ1) is 7.76. The number of nitrogens with one attached hydrogen (secondary N) is 1. The number of rotatable bonds is 3. The first-order valence-corrected chi connectivity index (χ1v) is 5.54. The van der Waals surface area contributed by atoms with Crippen LogP contribution in [0.5, 0.6) is 0 Å². The van der Waals surface area contributed by atoms with Gasteiger partial charge in [-0.1, -0.05) is 43.0 Å². The van der Waals surface area contributed by atoms with Crippen molar-refractivity contribution in [3.05, 3.63) is 53.2 Å². The van der Waals surface area contributed by atoms with Crippen LogP contribution in [0.3, 0.4) is 0 Å². The van der Waals surface area contributed by atoms with Gasteiger partial charge < -0.3 is 4.98 Å². The average Bonchev–Trinajstić information content (AvgIpc) is 2.69. The fraction of sp³-hybridized carbons (Fsp3) is 0.200. The molecule has 84 valence electrons. The number of allylic oxidation sites excluding steroid dienone is 5. The lowest BCUT2D eigenvalue weighted by atomic mass is 10.1. The fourth-order valence-electron chi connectivity index (χ4n) is 1.67. The molecule has 0 unspecified atom stereocenters. The summed E-state index contributed by atoms with van der Waals surface area (Å²) in [5.74, 6) is 0. The van der Waals surface area contributed by atoms with E-state index in [-0.39, 0.29) is 0 Å². The minimum atomic E-state index is 1.14. The van der Waals surface area contributed by atoms with Crippen molar-refractivity contribution < 1.29 is 0 Å². The Morgan fingerprint density at radius 2 is 2.06 bits per heavy atom. The summed E-state index contributed by atoms with van der Waals surface area (Å²) in [5, 5.41) is 2.31. The third-order valence-electron chi connectivity index (χ3n) is 2.43. The van der Waals surface area contributed by atoms with Gasteiger partial charge in [0.05, 0.1) is 0 Å². The summed E-state index contributed by atoms with van der Waals surface area (Å²) in [7, 11) is 0. The Morgan fingerprint density at radius 1 is 1.31 bits per heavy atom. The molecule has 1 rings (SSSR count). The largest absolute Gasteiger partial charge is 0.355 e. The van der Waals surface area contributed by atoms with Crippen molar-refractivity contribution in [2.45, 2.75) is 20.8 Å². The summed E-state index contributed by atoms with van der Waals surface area (Å²) in [6, 6.07) is 2.15. The van der Waals surface area contributed by atoms with Gasteiger partial charge in [-0.05, 0) is 37.6 Å². The third-order valence-corrected chi connectivity index (χ3v) is 2.43. The van der Waals surface area contributed by atoms with Gasteiger partial charge in [-0.2, -0.15) is 0 Å². The Kier molecular flexibility index (Phi) is 4.59. The van der Waals surface area contributed by atoms with Crippen LogP contribution in [0.2, 0.25) is 0 Å². The molecule has 0 aliphatic heterocycles. The van der Waals surface area contributed by atoms with Gasteiger partial charge in [0.1, 0.15) is 0 Å². The number of aromatic amines is 1. The van der Waals surface area contributed by atoms with E-state index in [1.165, 1.54) is 10.8 Å². The summed E-state index contributed by atoms with van der Waals surface area (Å²) in [4.78, 5) is 3.40. The molecular formula is C15H19N. The van der Waals surface area contributed by atoms with E-state index in [0.717, 1.165) is 11.0 Å². The molecule has 0 aliphatic rings. The van der Waals surface area contributed by atoms with E-state index in [1.807, 2.05) is 39.0 Å². The Bertz CT molecular complexity index is 524. The van der Waals surface area contributed by atoms with Crippen LogP contribution in [0, 0.1) is 0 Å². The minimum Gasteiger partial charge on any atom is -0.355 e. The van der Waals surface area contributed by atoms with E-state index in [2.05, 4.69) is 35.9 Å². The lowest BCUT2D eigenvalue weighted by Crippen LogP contribution is -2.20. The van der Waals surface area contributed by atoms with Gasteiger partial charge >= 0.3 is 0 Å². The maximum absolute atomic E-state index is 3.73. The number of aromatic nitrogens is 1. The van der Waals surface area contributed by atoms with Gasteiger partial charge in [0, 0.05) is 11.0 Å². The topological polar surface area (TPSA) is 15.8 Å². The van der Waals surface area contributed by atoms with Crippen LogP contribution in [0.25, 0.3) is 17.7 Å². The Labute approximate surface area is 97.2 Å². The van der Waals surface area contributed by atoms with Crippen molar-refractivity contribution in [1.82, 2.24) is 4.98 Å². The highest BCUT2D eigenvalue weighted by Gasteiger charge is 1.98. The monoisotopic (exact) mass is 213 g/mol. The van der Waals surface area contributed by atoms with Crippen molar-refractivity contribution in [3.8, 4) is 0 Å². The molecule has 1 N–H and O–H groups in total. The molecule has 1 nitrogen and oxygen atoms in total. The predicted octanol–water partition coefficient (Wildman–Crippen LogP) is 2.76. The number of hydrogen-bond donors (Lipinski definition) is 1. The van der Waals surface area contributed by atoms with Crippen LogP contribution in [-0.4, -0.2) is 4.98 Å². The zero-order valence-corrected chi connectivity index (χ0v) is 10.2. The van der Waals surface area contributed by atoms with Crippen LogP contribution in [-0.2, 0) is 0 Å². The molecule has 16 heavy (non-hydrogen) atoms. The summed E-state index contributed by atoms with van der Waals surface area (Å²) in [5.41, 5.74) is 2.34. The quantitative estimate of drug-likeness (QED) is 0.743. The highest BCUT2D eigenvalue weighted by molar-refractivity contribution is 5.71. The maximum atomic E-state index is 3.73. The molecule has 0 saturated carbocycles. The first-order valence-electron chi connectivity index (χ1n) is 5.54. The summed E-state index contributed by atoms with van der Waals surface area (Å²) >= 11 is 0. The second-order valence-electron chi connectivity index (χ2n) is 3.49. The van der Waals surface area contributed by atoms with Gasteiger partial charge in [0.25, 0.3) is 0 Å². The first kappa shape index (κ1) is 12.3. The van der Waals surface area contributed by atoms with Gasteiger partial charge in [-0.25, -0.2) is 0 Å². The second-order valence-corrected chi connectivity index (χ2v) is 3.49. The highest BCUT2D eigenvalue weighted by atomic mass is 14.7. The van der Waals surface area contributed by atoms with Crippen LogP contribution < -0.4 is 10.6 Å². The van der Waals surface area contributed by atoms with Crippen LogP contribution in [0.1, 0.15) is 26.5 Å². The molecule has 1 aromatic heterocycles. The molecule has 0 atom stereocenters. The minimum absolute atomic E-state index is 1.14.